The predicted octanol–water partition coefficient (Wildman–Crippen LogP) is 5.17. The minimum absolute atomic E-state index is 0.180. The molecule has 0 aliphatic carbocycles. The number of carboxylic acid groups (broad SMARTS) is 1. The summed E-state index contributed by atoms with van der Waals surface area (Å²) in [5.41, 5.74) is 1.99. The van der Waals surface area contributed by atoms with Crippen molar-refractivity contribution in [1.82, 2.24) is 9.97 Å². The highest BCUT2D eigenvalue weighted by Crippen LogP contribution is 2.36. The number of rotatable bonds is 8. The van der Waals surface area contributed by atoms with Crippen LogP contribution in [0.2, 0.25) is 0 Å². The van der Waals surface area contributed by atoms with E-state index in [1.165, 1.54) is 22.0 Å². The van der Waals surface area contributed by atoms with E-state index in [0.717, 1.165) is 29.2 Å². The third kappa shape index (κ3) is 4.23. The summed E-state index contributed by atoms with van der Waals surface area (Å²) in [5.74, 6) is 0.0790. The van der Waals surface area contributed by atoms with E-state index in [0.29, 0.717) is 23.9 Å². The van der Waals surface area contributed by atoms with Crippen molar-refractivity contribution in [2.45, 2.75) is 13.3 Å². The first-order chi connectivity index (χ1) is 14.2. The zero-order valence-corrected chi connectivity index (χ0v) is 17.3. The van der Waals surface area contributed by atoms with Crippen LogP contribution in [0, 0.1) is 0 Å². The van der Waals surface area contributed by atoms with Gasteiger partial charge in [-0.05, 0) is 35.7 Å². The predicted molar refractivity (Wildman–Crippen MR) is 117 cm³/mol. The molecule has 0 radical (unpaired) electrons. The Balaban J connectivity index is 1.47. The molecule has 0 aliphatic rings. The first-order valence-corrected chi connectivity index (χ1v) is 10.9. The fraction of sp³-hybridized carbons (Fsp3) is 0.190. The van der Waals surface area contributed by atoms with Crippen molar-refractivity contribution in [2.75, 3.05) is 18.5 Å². The lowest BCUT2D eigenvalue weighted by atomic mass is 10.1. The van der Waals surface area contributed by atoms with Gasteiger partial charge in [-0.25, -0.2) is 14.8 Å². The smallest absolute Gasteiger partial charge is 0.349 e. The van der Waals surface area contributed by atoms with Crippen molar-refractivity contribution < 1.29 is 14.6 Å². The number of carboxylic acids is 1. The molecule has 1 aromatic carbocycles. The topological polar surface area (TPSA) is 84.3 Å². The van der Waals surface area contributed by atoms with Gasteiger partial charge in [0.1, 0.15) is 17.9 Å². The molecule has 0 saturated heterocycles. The maximum atomic E-state index is 11.4. The van der Waals surface area contributed by atoms with E-state index in [2.05, 4.69) is 44.9 Å². The van der Waals surface area contributed by atoms with Gasteiger partial charge in [0.25, 0.3) is 0 Å². The van der Waals surface area contributed by atoms with E-state index in [4.69, 9.17) is 4.74 Å². The molecule has 3 heterocycles. The summed E-state index contributed by atoms with van der Waals surface area (Å²) < 4.78 is 6.74. The molecule has 0 saturated carbocycles. The van der Waals surface area contributed by atoms with E-state index in [1.807, 2.05) is 13.0 Å². The Kier molecular flexibility index (Phi) is 5.73. The Morgan fingerprint density at radius 1 is 1.24 bits per heavy atom. The van der Waals surface area contributed by atoms with E-state index in [1.54, 1.807) is 17.4 Å². The summed E-state index contributed by atoms with van der Waals surface area (Å²) in [4.78, 5) is 20.9. The monoisotopic (exact) mass is 425 g/mol. The van der Waals surface area contributed by atoms with Crippen molar-refractivity contribution in [3.05, 3.63) is 58.5 Å². The zero-order valence-electron chi connectivity index (χ0n) is 15.7. The number of nitrogens with zero attached hydrogens (tertiary/aromatic N) is 2. The average Bonchev–Trinajstić information content (AvgIpc) is 3.33. The Morgan fingerprint density at radius 2 is 2.10 bits per heavy atom. The second-order valence-corrected chi connectivity index (χ2v) is 8.23. The van der Waals surface area contributed by atoms with Gasteiger partial charge in [-0.1, -0.05) is 18.2 Å². The highest BCUT2D eigenvalue weighted by atomic mass is 32.1. The SMILES string of the molecule is CCOc1cc(-c2cc(NCCc3csc4ccccc34)ncn2)sc1C(=O)O. The van der Waals surface area contributed by atoms with Crippen molar-refractivity contribution in [3.63, 3.8) is 0 Å². The molecule has 4 aromatic rings. The van der Waals surface area contributed by atoms with E-state index in [-0.39, 0.29) is 4.88 Å². The summed E-state index contributed by atoms with van der Waals surface area (Å²) in [5, 5.41) is 16.2. The van der Waals surface area contributed by atoms with Crippen molar-refractivity contribution in [3.8, 4) is 16.3 Å². The first-order valence-electron chi connectivity index (χ1n) is 9.17. The Hall–Kier alpha value is -2.97. The molecule has 0 atom stereocenters. The highest BCUT2D eigenvalue weighted by Gasteiger charge is 2.18. The minimum Gasteiger partial charge on any atom is -0.492 e. The Labute approximate surface area is 175 Å². The summed E-state index contributed by atoms with van der Waals surface area (Å²) in [6.07, 6.45) is 2.37. The van der Waals surface area contributed by atoms with Crippen LogP contribution >= 0.6 is 22.7 Å². The maximum absolute atomic E-state index is 11.4. The number of hydrogen-bond donors (Lipinski definition) is 2. The lowest BCUT2D eigenvalue weighted by molar-refractivity contribution is 0.0698. The van der Waals surface area contributed by atoms with Crippen LogP contribution in [0.4, 0.5) is 5.82 Å². The second-order valence-electron chi connectivity index (χ2n) is 6.26. The van der Waals surface area contributed by atoms with Gasteiger partial charge in [0.05, 0.1) is 17.2 Å². The molecular formula is C21H19N3O3S2. The number of anilines is 1. The quantitative estimate of drug-likeness (QED) is 0.405. The standard InChI is InChI=1S/C21H19N3O3S2/c1-2-27-16-10-18(29-20(16)21(25)26)15-9-19(24-12-23-15)22-8-7-13-11-28-17-6-4-3-5-14(13)17/h3-6,9-12H,2,7-8H2,1H3,(H,25,26)(H,22,23,24). The molecule has 29 heavy (non-hydrogen) atoms. The van der Waals surface area contributed by atoms with Crippen LogP contribution in [0.1, 0.15) is 22.2 Å². The van der Waals surface area contributed by atoms with Gasteiger partial charge in [-0.15, -0.1) is 22.7 Å². The van der Waals surface area contributed by atoms with E-state index >= 15 is 0 Å². The van der Waals surface area contributed by atoms with Crippen LogP contribution in [0.15, 0.2) is 48.1 Å². The summed E-state index contributed by atoms with van der Waals surface area (Å²) >= 11 is 2.91. The number of thiophene rings is 2. The highest BCUT2D eigenvalue weighted by molar-refractivity contribution is 7.17. The Morgan fingerprint density at radius 3 is 2.93 bits per heavy atom. The largest absolute Gasteiger partial charge is 0.492 e. The normalized spacial score (nSPS) is 10.9. The van der Waals surface area contributed by atoms with Gasteiger partial charge in [-0.3, -0.25) is 0 Å². The number of aromatic carboxylic acids is 1. The number of fused-ring (bicyclic) bond motifs is 1. The summed E-state index contributed by atoms with van der Waals surface area (Å²) in [6, 6.07) is 12.0. The molecule has 0 aliphatic heterocycles. The molecule has 0 bridgehead atoms. The molecule has 0 fully saturated rings. The number of nitrogens with one attached hydrogen (secondary N) is 1. The number of carbonyl (C=O) groups is 1. The average molecular weight is 426 g/mol. The molecule has 0 unspecified atom stereocenters. The molecule has 0 amide bonds. The van der Waals surface area contributed by atoms with Crippen LogP contribution in [0.3, 0.4) is 0 Å². The van der Waals surface area contributed by atoms with Crippen molar-refractivity contribution >= 4 is 44.5 Å². The molecule has 4 rings (SSSR count). The Bertz CT molecular complexity index is 1150. The maximum Gasteiger partial charge on any atom is 0.349 e. The fourth-order valence-electron chi connectivity index (χ4n) is 3.05. The molecule has 0 spiro atoms. The van der Waals surface area contributed by atoms with E-state index < -0.39 is 5.97 Å². The van der Waals surface area contributed by atoms with Crippen LogP contribution < -0.4 is 10.1 Å². The van der Waals surface area contributed by atoms with Crippen molar-refractivity contribution in [1.29, 1.82) is 0 Å². The molecule has 6 nitrogen and oxygen atoms in total. The van der Waals surface area contributed by atoms with Crippen LogP contribution in [0.25, 0.3) is 20.7 Å². The lowest BCUT2D eigenvalue weighted by Crippen LogP contribution is -2.06. The van der Waals surface area contributed by atoms with Crippen LogP contribution in [-0.2, 0) is 6.42 Å². The summed E-state index contributed by atoms with van der Waals surface area (Å²) in [7, 11) is 0. The first kappa shape index (κ1) is 19.4. The number of aromatic nitrogens is 2. The van der Waals surface area contributed by atoms with E-state index in [9.17, 15) is 9.90 Å². The number of hydrogen-bond acceptors (Lipinski definition) is 7. The molecule has 8 heteroatoms. The lowest BCUT2D eigenvalue weighted by Gasteiger charge is -2.06. The zero-order chi connectivity index (χ0) is 20.2. The van der Waals surface area contributed by atoms with Crippen LogP contribution in [-0.4, -0.2) is 34.2 Å². The summed E-state index contributed by atoms with van der Waals surface area (Å²) in [6.45, 7) is 2.98. The molecular weight excluding hydrogens is 406 g/mol. The van der Waals surface area contributed by atoms with Gasteiger partial charge in [-0.2, -0.15) is 0 Å². The van der Waals surface area contributed by atoms with Gasteiger partial charge < -0.3 is 15.2 Å². The molecule has 148 valence electrons. The molecule has 2 N–H and O–H groups in total. The fourth-order valence-corrected chi connectivity index (χ4v) is 4.96. The number of benzene rings is 1. The third-order valence-corrected chi connectivity index (χ3v) is 6.51. The second kappa shape index (κ2) is 8.59. The molecule has 3 aromatic heterocycles. The number of ether oxygens (including phenoxy) is 1. The van der Waals surface area contributed by atoms with Crippen LogP contribution in [0.5, 0.6) is 5.75 Å². The van der Waals surface area contributed by atoms with Gasteiger partial charge in [0, 0.05) is 23.4 Å². The van der Waals surface area contributed by atoms with Gasteiger partial charge >= 0.3 is 5.97 Å². The van der Waals surface area contributed by atoms with Crippen molar-refractivity contribution in [2.24, 2.45) is 0 Å². The van der Waals surface area contributed by atoms with Gasteiger partial charge in [0.2, 0.25) is 0 Å². The minimum atomic E-state index is -1.000. The van der Waals surface area contributed by atoms with Gasteiger partial charge in [0.15, 0.2) is 4.88 Å². The third-order valence-electron chi connectivity index (χ3n) is 4.37.